The molecule has 1 aromatic carbocycles. The minimum absolute atomic E-state index is 0.0417. The highest BCUT2D eigenvalue weighted by Gasteiger charge is 2.45. The predicted octanol–water partition coefficient (Wildman–Crippen LogP) is 3.54. The van der Waals surface area contributed by atoms with Gasteiger partial charge in [0.25, 0.3) is 5.09 Å². The molecule has 0 radical (unpaired) electrons. The second kappa shape index (κ2) is 16.1. The van der Waals surface area contributed by atoms with Gasteiger partial charge in [-0.3, -0.25) is 9.59 Å². The minimum atomic E-state index is -0.856. The summed E-state index contributed by atoms with van der Waals surface area (Å²) in [5.74, 6) is -1.48. The van der Waals surface area contributed by atoms with Gasteiger partial charge in [0, 0.05) is 25.3 Å². The molecule has 0 aromatic heterocycles. The lowest BCUT2D eigenvalue weighted by Crippen LogP contribution is -2.22. The Morgan fingerprint density at radius 1 is 1.18 bits per heavy atom. The predicted molar refractivity (Wildman–Crippen MR) is 148 cm³/mol. The van der Waals surface area contributed by atoms with Crippen molar-refractivity contribution in [3.05, 3.63) is 70.3 Å². The molecule has 0 spiro atoms. The summed E-state index contributed by atoms with van der Waals surface area (Å²) in [7, 11) is 0. The van der Waals surface area contributed by atoms with Crippen LogP contribution < -0.4 is 5.32 Å². The maximum Gasteiger partial charge on any atom is 0.309 e. The molecule has 3 N–H and O–H groups in total. The normalized spacial score (nSPS) is 26.6. The minimum Gasteiger partial charge on any atom is -0.458 e. The number of nitrogens with one attached hydrogen (secondary N) is 1. The van der Waals surface area contributed by atoms with Crippen molar-refractivity contribution in [2.45, 2.75) is 76.6 Å². The molecule has 2 aliphatic carbocycles. The summed E-state index contributed by atoms with van der Waals surface area (Å²) >= 11 is 0. The van der Waals surface area contributed by atoms with Gasteiger partial charge in [-0.25, -0.2) is 0 Å². The van der Waals surface area contributed by atoms with E-state index in [0.717, 1.165) is 18.4 Å². The number of rotatable bonds is 17. The Labute approximate surface area is 235 Å². The number of aryl methyl sites for hydroxylation is 1. The third kappa shape index (κ3) is 10.4. The number of unbranched alkanes of at least 4 members (excludes halogenated alkanes) is 1. The van der Waals surface area contributed by atoms with Gasteiger partial charge in [-0.1, -0.05) is 48.6 Å². The summed E-state index contributed by atoms with van der Waals surface area (Å²) in [6.07, 6.45) is 10.3. The smallest absolute Gasteiger partial charge is 0.309 e. The molecular formula is C30H42N2O8. The number of hydrogen-bond donors (Lipinski definition) is 3. The first-order chi connectivity index (χ1) is 19.3. The van der Waals surface area contributed by atoms with Crippen LogP contribution in [0.4, 0.5) is 0 Å². The molecule has 3 rings (SSSR count). The Hall–Kier alpha value is -3.24. The van der Waals surface area contributed by atoms with Crippen molar-refractivity contribution in [2.24, 2.45) is 23.7 Å². The number of aliphatic hydroxyl groups excluding tert-OH is 2. The number of hydrogen-bond acceptors (Lipinski definition) is 8. The molecule has 7 atom stereocenters. The number of nitrogens with zero attached hydrogens (tertiary/aromatic N) is 1. The monoisotopic (exact) mass is 558 g/mol. The first-order valence-corrected chi connectivity index (χ1v) is 14.3. The van der Waals surface area contributed by atoms with Gasteiger partial charge in [-0.2, -0.15) is 0 Å². The molecule has 0 heterocycles. The fourth-order valence-corrected chi connectivity index (χ4v) is 5.26. The second-order valence-electron chi connectivity index (χ2n) is 10.7. The third-order valence-corrected chi connectivity index (χ3v) is 7.63. The molecule has 0 saturated heterocycles. The van der Waals surface area contributed by atoms with Gasteiger partial charge in [0.15, 0.2) is 0 Å². The van der Waals surface area contributed by atoms with E-state index in [1.807, 2.05) is 55.5 Å². The fourth-order valence-electron chi connectivity index (χ4n) is 5.26. The lowest BCUT2D eigenvalue weighted by molar-refractivity contribution is -0.758. The first kappa shape index (κ1) is 31.3. The average molecular weight is 559 g/mol. The van der Waals surface area contributed by atoms with Gasteiger partial charge in [0.2, 0.25) is 5.91 Å². The van der Waals surface area contributed by atoms with Crippen LogP contribution in [-0.2, 0) is 25.6 Å². The van der Waals surface area contributed by atoms with Crippen molar-refractivity contribution in [1.82, 2.24) is 5.32 Å². The van der Waals surface area contributed by atoms with E-state index in [-0.39, 0.29) is 36.7 Å². The maximum atomic E-state index is 12.8. The van der Waals surface area contributed by atoms with Crippen LogP contribution in [-0.4, -0.2) is 58.6 Å². The number of ether oxygens (including phenoxy) is 1. The van der Waals surface area contributed by atoms with Gasteiger partial charge in [0.1, 0.15) is 12.7 Å². The Morgan fingerprint density at radius 2 is 1.95 bits per heavy atom. The molecule has 2 saturated carbocycles. The van der Waals surface area contributed by atoms with E-state index in [9.17, 15) is 29.9 Å². The summed E-state index contributed by atoms with van der Waals surface area (Å²) in [6.45, 7) is 2.39. The lowest BCUT2D eigenvalue weighted by Gasteiger charge is -2.21. The van der Waals surface area contributed by atoms with Crippen LogP contribution in [0.5, 0.6) is 0 Å². The number of esters is 1. The second-order valence-corrected chi connectivity index (χ2v) is 10.7. The molecule has 10 heteroatoms. The Balaban J connectivity index is 1.58. The van der Waals surface area contributed by atoms with Crippen molar-refractivity contribution in [3.63, 3.8) is 0 Å². The van der Waals surface area contributed by atoms with Gasteiger partial charge in [0.05, 0.1) is 18.1 Å². The zero-order chi connectivity index (χ0) is 28.9. The van der Waals surface area contributed by atoms with Gasteiger partial charge in [-0.05, 0) is 68.9 Å². The number of benzene rings is 1. The van der Waals surface area contributed by atoms with Gasteiger partial charge >= 0.3 is 5.97 Å². The highest BCUT2D eigenvalue weighted by atomic mass is 16.9. The number of aliphatic hydroxyl groups is 2. The summed E-state index contributed by atoms with van der Waals surface area (Å²) in [6, 6.07) is 9.84. The van der Waals surface area contributed by atoms with Crippen LogP contribution in [0.25, 0.3) is 0 Å². The molecule has 0 bridgehead atoms. The van der Waals surface area contributed by atoms with E-state index in [1.165, 1.54) is 0 Å². The summed E-state index contributed by atoms with van der Waals surface area (Å²) in [5, 5.41) is 33.6. The van der Waals surface area contributed by atoms with Crippen LogP contribution in [0.3, 0.4) is 0 Å². The van der Waals surface area contributed by atoms with E-state index < -0.39 is 35.3 Å². The van der Waals surface area contributed by atoms with Crippen molar-refractivity contribution in [2.75, 3.05) is 13.2 Å². The number of carbonyl (C=O) groups excluding carboxylic acids is 2. The van der Waals surface area contributed by atoms with Crippen molar-refractivity contribution >= 4 is 11.9 Å². The summed E-state index contributed by atoms with van der Waals surface area (Å²) in [4.78, 5) is 39.2. The zero-order valence-electron chi connectivity index (χ0n) is 23.1. The highest BCUT2D eigenvalue weighted by Crippen LogP contribution is 2.40. The number of amides is 1. The van der Waals surface area contributed by atoms with Crippen molar-refractivity contribution in [3.8, 4) is 0 Å². The van der Waals surface area contributed by atoms with E-state index in [0.29, 0.717) is 38.6 Å². The third-order valence-electron chi connectivity index (χ3n) is 7.63. The molecule has 0 aliphatic heterocycles. The van der Waals surface area contributed by atoms with Crippen molar-refractivity contribution < 1.29 is 34.5 Å². The molecule has 1 amide bonds. The van der Waals surface area contributed by atoms with Crippen LogP contribution in [0, 0.1) is 33.8 Å². The highest BCUT2D eigenvalue weighted by molar-refractivity contribution is 5.76. The molecule has 2 fully saturated rings. The quantitative estimate of drug-likeness (QED) is 0.0865. The van der Waals surface area contributed by atoms with Crippen molar-refractivity contribution in [1.29, 1.82) is 0 Å². The van der Waals surface area contributed by atoms with Crippen LogP contribution in [0.1, 0.15) is 57.4 Å². The zero-order valence-corrected chi connectivity index (χ0v) is 23.1. The van der Waals surface area contributed by atoms with Gasteiger partial charge in [-0.15, -0.1) is 10.1 Å². The van der Waals surface area contributed by atoms with Crippen LogP contribution >= 0.6 is 0 Å². The van der Waals surface area contributed by atoms with E-state index in [2.05, 4.69) is 10.2 Å². The number of allylic oxidation sites excluding steroid dienone is 2. The summed E-state index contributed by atoms with van der Waals surface area (Å²) in [5.41, 5.74) is 1.10. The molecule has 2 aliphatic rings. The SMILES string of the molecule is CCNC(=O)CCCC=CC[C@@H]1[C@@H](C=CC(CCc2ccccc2)OC(=O)[C@@H]2C[C@H]2CO[N+](=O)[O-])[C@H](O)C[C@@H]1O. The molecule has 1 aromatic rings. The number of carbonyl (C=O) groups is 2. The molecular weight excluding hydrogens is 516 g/mol. The average Bonchev–Trinajstić information content (AvgIpc) is 3.66. The maximum absolute atomic E-state index is 12.8. The van der Waals surface area contributed by atoms with Crippen LogP contribution in [0.2, 0.25) is 0 Å². The van der Waals surface area contributed by atoms with Crippen LogP contribution in [0.15, 0.2) is 54.6 Å². The molecule has 220 valence electrons. The summed E-state index contributed by atoms with van der Waals surface area (Å²) < 4.78 is 5.81. The Bertz CT molecular complexity index is 1010. The van der Waals surface area contributed by atoms with E-state index in [4.69, 9.17) is 4.74 Å². The van der Waals surface area contributed by atoms with Gasteiger partial charge < -0.3 is 25.1 Å². The Kier molecular flexibility index (Phi) is 12.6. The first-order valence-electron chi connectivity index (χ1n) is 14.3. The molecule has 10 nitrogen and oxygen atoms in total. The lowest BCUT2D eigenvalue weighted by atomic mass is 9.89. The molecule has 1 unspecified atom stereocenters. The standard InChI is InChI=1S/C30H42N2O8/c1-2-31-29(35)13-9-4-3-8-12-24-25(28(34)19-27(24)33)17-16-23(15-14-21-10-6-5-7-11-21)40-30(36)26-18-22(26)20-39-32(37)38/h3,5-8,10-11,16-17,22-28,33-34H,2,4,9,12-15,18-20H2,1H3,(H,31,35)/t22-,23?,24+,25+,26+,27-,28+/m0/s1. The topological polar surface area (TPSA) is 148 Å². The largest absolute Gasteiger partial charge is 0.458 e. The molecule has 40 heavy (non-hydrogen) atoms. The fraction of sp³-hybridized carbons (Fsp3) is 0.600. The van der Waals surface area contributed by atoms with E-state index >= 15 is 0 Å². The van der Waals surface area contributed by atoms with E-state index in [1.54, 1.807) is 6.08 Å². The Morgan fingerprint density at radius 3 is 2.67 bits per heavy atom.